The Morgan fingerprint density at radius 1 is 1.00 bits per heavy atom. The van der Waals surface area contributed by atoms with Crippen LogP contribution in [0.5, 0.6) is 0 Å². The molecular weight excluding hydrogens is 338 g/mol. The highest BCUT2D eigenvalue weighted by molar-refractivity contribution is 5.95. The molecule has 0 aliphatic heterocycles. The number of carbonyl (C=O) groups is 2. The number of nitrogens with one attached hydrogen (secondary N) is 3. The highest BCUT2D eigenvalue weighted by Gasteiger charge is 2.29. The second kappa shape index (κ2) is 8.71. The van der Waals surface area contributed by atoms with Gasteiger partial charge in [0.05, 0.1) is 6.54 Å². The van der Waals surface area contributed by atoms with Crippen molar-refractivity contribution >= 4 is 28.9 Å². The molecule has 1 saturated carbocycles. The molecular formula is C22H27N3O2. The minimum atomic E-state index is -0.106. The van der Waals surface area contributed by atoms with Gasteiger partial charge >= 0.3 is 0 Å². The molecule has 1 aliphatic carbocycles. The molecule has 0 aromatic heterocycles. The molecule has 3 N–H and O–H groups in total. The molecule has 2 amide bonds. The maximum absolute atomic E-state index is 12.2. The third kappa shape index (κ3) is 5.58. The van der Waals surface area contributed by atoms with E-state index in [0.717, 1.165) is 48.3 Å². The van der Waals surface area contributed by atoms with Gasteiger partial charge in [0.25, 0.3) is 0 Å². The first-order valence-corrected chi connectivity index (χ1v) is 9.59. The van der Waals surface area contributed by atoms with Gasteiger partial charge in [0, 0.05) is 23.0 Å². The van der Waals surface area contributed by atoms with E-state index in [2.05, 4.69) is 22.9 Å². The molecule has 0 radical (unpaired) electrons. The Labute approximate surface area is 160 Å². The number of rotatable bonds is 8. The Bertz CT molecular complexity index is 811. The van der Waals surface area contributed by atoms with Crippen molar-refractivity contribution < 1.29 is 9.59 Å². The third-order valence-corrected chi connectivity index (χ3v) is 4.67. The number of hydrogen-bond donors (Lipinski definition) is 3. The minimum absolute atomic E-state index is 0.0778. The molecule has 2 aromatic rings. The van der Waals surface area contributed by atoms with E-state index >= 15 is 0 Å². The lowest BCUT2D eigenvalue weighted by atomic mass is 10.1. The fraction of sp³-hybridized carbons (Fsp3) is 0.364. The van der Waals surface area contributed by atoms with Gasteiger partial charge in [0.2, 0.25) is 11.8 Å². The van der Waals surface area contributed by atoms with Gasteiger partial charge in [-0.15, -0.1) is 0 Å². The predicted molar refractivity (Wildman–Crippen MR) is 110 cm³/mol. The summed E-state index contributed by atoms with van der Waals surface area (Å²) < 4.78 is 0. The van der Waals surface area contributed by atoms with Gasteiger partial charge in [-0.1, -0.05) is 31.5 Å². The summed E-state index contributed by atoms with van der Waals surface area (Å²) in [5, 5.41) is 8.99. The standard InChI is InChI=1S/C22H27N3O2/c1-3-4-16-6-11-18(12-7-16)24-21(26)14-23-20-13-19(10-5-15(20)2)25-22(27)17-8-9-17/h5-7,10-13,17,23H,3-4,8-9,14H2,1-2H3,(H,24,26)(H,25,27). The molecule has 142 valence electrons. The quantitative estimate of drug-likeness (QED) is 0.651. The smallest absolute Gasteiger partial charge is 0.243 e. The SMILES string of the molecule is CCCc1ccc(NC(=O)CNc2cc(NC(=O)C3CC3)ccc2C)cc1. The van der Waals surface area contributed by atoms with E-state index in [4.69, 9.17) is 0 Å². The molecule has 1 aliphatic rings. The first-order valence-electron chi connectivity index (χ1n) is 9.59. The summed E-state index contributed by atoms with van der Waals surface area (Å²) in [6.07, 6.45) is 4.10. The zero-order valence-corrected chi connectivity index (χ0v) is 16.0. The van der Waals surface area contributed by atoms with E-state index in [0.29, 0.717) is 0 Å². The predicted octanol–water partition coefficient (Wildman–Crippen LogP) is 4.35. The third-order valence-electron chi connectivity index (χ3n) is 4.67. The van der Waals surface area contributed by atoms with Crippen molar-refractivity contribution in [3.8, 4) is 0 Å². The Morgan fingerprint density at radius 3 is 2.37 bits per heavy atom. The molecule has 0 atom stereocenters. The van der Waals surface area contributed by atoms with E-state index in [1.54, 1.807) is 0 Å². The van der Waals surface area contributed by atoms with Gasteiger partial charge in [0.1, 0.15) is 0 Å². The molecule has 2 aromatic carbocycles. The van der Waals surface area contributed by atoms with E-state index < -0.39 is 0 Å². The van der Waals surface area contributed by atoms with Gasteiger partial charge in [-0.05, 0) is 61.6 Å². The van der Waals surface area contributed by atoms with Crippen LogP contribution < -0.4 is 16.0 Å². The van der Waals surface area contributed by atoms with Gasteiger partial charge in [-0.2, -0.15) is 0 Å². The molecule has 27 heavy (non-hydrogen) atoms. The lowest BCUT2D eigenvalue weighted by molar-refractivity contribution is -0.117. The first-order chi connectivity index (χ1) is 13.0. The Hall–Kier alpha value is -2.82. The fourth-order valence-electron chi connectivity index (χ4n) is 2.90. The summed E-state index contributed by atoms with van der Waals surface area (Å²) in [7, 11) is 0. The van der Waals surface area contributed by atoms with E-state index in [1.165, 1.54) is 5.56 Å². The topological polar surface area (TPSA) is 70.2 Å². The van der Waals surface area contributed by atoms with Crippen molar-refractivity contribution in [2.24, 2.45) is 5.92 Å². The van der Waals surface area contributed by atoms with Crippen LogP contribution in [0.2, 0.25) is 0 Å². The van der Waals surface area contributed by atoms with Crippen molar-refractivity contribution in [3.63, 3.8) is 0 Å². The van der Waals surface area contributed by atoms with E-state index in [9.17, 15) is 9.59 Å². The van der Waals surface area contributed by atoms with Crippen molar-refractivity contribution in [1.82, 2.24) is 0 Å². The fourth-order valence-corrected chi connectivity index (χ4v) is 2.90. The van der Waals surface area contributed by atoms with Gasteiger partial charge in [0.15, 0.2) is 0 Å². The second-order valence-corrected chi connectivity index (χ2v) is 7.14. The van der Waals surface area contributed by atoms with Crippen LogP contribution in [0.15, 0.2) is 42.5 Å². The van der Waals surface area contributed by atoms with Crippen LogP contribution >= 0.6 is 0 Å². The van der Waals surface area contributed by atoms with Crippen molar-refractivity contribution in [3.05, 3.63) is 53.6 Å². The summed E-state index contributed by atoms with van der Waals surface area (Å²) in [5.41, 5.74) is 4.69. The second-order valence-electron chi connectivity index (χ2n) is 7.14. The molecule has 5 nitrogen and oxygen atoms in total. The Balaban J connectivity index is 1.53. The number of carbonyl (C=O) groups excluding carboxylic acids is 2. The summed E-state index contributed by atoms with van der Waals surface area (Å²) in [4.78, 5) is 24.1. The largest absolute Gasteiger partial charge is 0.376 e. The normalized spacial score (nSPS) is 13.1. The zero-order chi connectivity index (χ0) is 19.2. The molecule has 0 bridgehead atoms. The monoisotopic (exact) mass is 365 g/mol. The summed E-state index contributed by atoms with van der Waals surface area (Å²) in [5.74, 6) is 0.135. The van der Waals surface area contributed by atoms with Crippen LogP contribution in [0.4, 0.5) is 17.1 Å². The van der Waals surface area contributed by atoms with Crippen LogP contribution in [0, 0.1) is 12.8 Å². The number of anilines is 3. The van der Waals surface area contributed by atoms with Crippen LogP contribution in [0.25, 0.3) is 0 Å². The summed E-state index contributed by atoms with van der Waals surface area (Å²) >= 11 is 0. The van der Waals surface area contributed by atoms with E-state index in [-0.39, 0.29) is 24.3 Å². The zero-order valence-electron chi connectivity index (χ0n) is 16.0. The lowest BCUT2D eigenvalue weighted by Crippen LogP contribution is -2.22. The molecule has 1 fully saturated rings. The Morgan fingerprint density at radius 2 is 1.70 bits per heavy atom. The van der Waals surface area contributed by atoms with E-state index in [1.807, 2.05) is 49.4 Å². The highest BCUT2D eigenvalue weighted by atomic mass is 16.2. The number of hydrogen-bond acceptors (Lipinski definition) is 3. The van der Waals surface area contributed by atoms with Crippen molar-refractivity contribution in [2.75, 3.05) is 22.5 Å². The van der Waals surface area contributed by atoms with Gasteiger partial charge in [-0.25, -0.2) is 0 Å². The van der Waals surface area contributed by atoms with Crippen LogP contribution in [-0.2, 0) is 16.0 Å². The Kier molecular flexibility index (Phi) is 6.12. The first kappa shape index (κ1) is 19.0. The lowest BCUT2D eigenvalue weighted by Gasteiger charge is -2.13. The maximum Gasteiger partial charge on any atom is 0.243 e. The molecule has 3 rings (SSSR count). The number of benzene rings is 2. The van der Waals surface area contributed by atoms with Crippen LogP contribution in [0.1, 0.15) is 37.3 Å². The van der Waals surface area contributed by atoms with Crippen molar-refractivity contribution in [2.45, 2.75) is 39.5 Å². The molecule has 5 heteroatoms. The average molecular weight is 365 g/mol. The number of amides is 2. The van der Waals surface area contributed by atoms with Gasteiger partial charge < -0.3 is 16.0 Å². The van der Waals surface area contributed by atoms with Crippen LogP contribution in [0.3, 0.4) is 0 Å². The molecule has 0 saturated heterocycles. The summed E-state index contributed by atoms with van der Waals surface area (Å²) in [6.45, 7) is 4.28. The molecule has 0 unspecified atom stereocenters. The number of aryl methyl sites for hydroxylation is 2. The maximum atomic E-state index is 12.2. The van der Waals surface area contributed by atoms with Crippen LogP contribution in [-0.4, -0.2) is 18.4 Å². The van der Waals surface area contributed by atoms with Gasteiger partial charge in [-0.3, -0.25) is 9.59 Å². The summed E-state index contributed by atoms with van der Waals surface area (Å²) in [6, 6.07) is 13.7. The molecule has 0 heterocycles. The molecule has 0 spiro atoms. The van der Waals surface area contributed by atoms with Crippen molar-refractivity contribution in [1.29, 1.82) is 0 Å². The minimum Gasteiger partial charge on any atom is -0.376 e. The highest BCUT2D eigenvalue weighted by Crippen LogP contribution is 2.30. The average Bonchev–Trinajstić information content (AvgIpc) is 3.49.